The van der Waals surface area contributed by atoms with E-state index in [-0.39, 0.29) is 30.8 Å². The van der Waals surface area contributed by atoms with Crippen LogP contribution < -0.4 is 9.47 Å². The van der Waals surface area contributed by atoms with Gasteiger partial charge in [-0.1, -0.05) is 39.0 Å². The molecule has 38 heavy (non-hydrogen) atoms. The van der Waals surface area contributed by atoms with Gasteiger partial charge in [0.1, 0.15) is 5.82 Å². The van der Waals surface area contributed by atoms with E-state index in [1.807, 2.05) is 0 Å². The van der Waals surface area contributed by atoms with Gasteiger partial charge in [-0.25, -0.2) is 0 Å². The number of aromatic nitrogens is 6. The van der Waals surface area contributed by atoms with Crippen LogP contribution in [0, 0.1) is 6.92 Å². The van der Waals surface area contributed by atoms with E-state index in [0.717, 1.165) is 12.8 Å². The zero-order chi connectivity index (χ0) is 28.8. The smallest absolute Gasteiger partial charge is 0.467 e. The molecule has 0 aliphatic rings. The van der Waals surface area contributed by atoms with Crippen LogP contribution in [0.1, 0.15) is 68.2 Å². The first kappa shape index (κ1) is 32.8. The lowest BCUT2D eigenvalue weighted by Gasteiger charge is -2.10. The predicted molar refractivity (Wildman–Crippen MR) is 126 cm³/mol. The van der Waals surface area contributed by atoms with Crippen molar-refractivity contribution >= 4 is 16.1 Å². The molecule has 2 aromatic rings. The van der Waals surface area contributed by atoms with Gasteiger partial charge < -0.3 is 14.2 Å². The van der Waals surface area contributed by atoms with E-state index in [1.54, 1.807) is 6.92 Å². The van der Waals surface area contributed by atoms with Crippen LogP contribution in [0.5, 0.6) is 12.0 Å². The SMILES string of the molecule is CCCCCCCCOC(=O)Cc1c(C)nnnc1Cc1nc(OC)nc(OC)n1.O=S(=O)(O)C(F)(F)F. The van der Waals surface area contributed by atoms with Crippen LogP contribution in [0.25, 0.3) is 0 Å². The monoisotopic (exact) mass is 568 g/mol. The number of nitrogens with zero attached hydrogens (tertiary/aromatic N) is 6. The Bertz CT molecular complexity index is 1110. The average molecular weight is 569 g/mol. The number of hydrogen-bond acceptors (Lipinski definition) is 12. The number of esters is 1. The van der Waals surface area contributed by atoms with Crippen molar-refractivity contribution in [3.8, 4) is 12.0 Å². The number of ether oxygens (including phenoxy) is 3. The molecule has 2 aromatic heterocycles. The standard InChI is InChI=1S/C20H30N6O4.CHF3O3S/c1-5-6-7-8-9-10-11-30-18(27)12-15-14(2)24-26-25-16(15)13-17-21-19(28-3)23-20(22-17)29-4;2-1(3,4)8(5,6)7/h5-13H2,1-4H3;(H,5,6,7). The Morgan fingerprint density at radius 3 is 2.03 bits per heavy atom. The second-order valence-corrected chi connectivity index (χ2v) is 9.20. The summed E-state index contributed by atoms with van der Waals surface area (Å²) in [5.74, 6) is 0.0776. The molecule has 0 aromatic carbocycles. The van der Waals surface area contributed by atoms with Crippen molar-refractivity contribution in [3.05, 3.63) is 22.8 Å². The van der Waals surface area contributed by atoms with Crippen LogP contribution in [0.4, 0.5) is 13.2 Å². The van der Waals surface area contributed by atoms with E-state index in [4.69, 9.17) is 27.2 Å². The highest BCUT2D eigenvalue weighted by Crippen LogP contribution is 2.20. The number of alkyl halides is 3. The van der Waals surface area contributed by atoms with Crippen molar-refractivity contribution in [3.63, 3.8) is 0 Å². The van der Waals surface area contributed by atoms with E-state index in [2.05, 4.69) is 37.3 Å². The van der Waals surface area contributed by atoms with Crippen LogP contribution in [0.15, 0.2) is 0 Å². The molecular weight excluding hydrogens is 537 g/mol. The fourth-order valence-electron chi connectivity index (χ4n) is 2.90. The Morgan fingerprint density at radius 1 is 0.947 bits per heavy atom. The molecule has 0 aliphatic heterocycles. The molecule has 0 unspecified atom stereocenters. The van der Waals surface area contributed by atoms with E-state index in [9.17, 15) is 18.0 Å². The number of unbranched alkanes of at least 4 members (excludes halogenated alkanes) is 5. The van der Waals surface area contributed by atoms with Gasteiger partial charge in [0.2, 0.25) is 0 Å². The second-order valence-electron chi connectivity index (χ2n) is 7.79. The van der Waals surface area contributed by atoms with Crippen LogP contribution in [-0.2, 0) is 32.5 Å². The van der Waals surface area contributed by atoms with Gasteiger partial charge in [-0.15, -0.1) is 15.2 Å². The summed E-state index contributed by atoms with van der Waals surface area (Å²) in [5.41, 5.74) is -3.71. The summed E-state index contributed by atoms with van der Waals surface area (Å²) >= 11 is 0. The lowest BCUT2D eigenvalue weighted by Crippen LogP contribution is -2.21. The topological polar surface area (TPSA) is 176 Å². The Kier molecular flexibility index (Phi) is 13.7. The highest BCUT2D eigenvalue weighted by molar-refractivity contribution is 7.86. The molecule has 2 rings (SSSR count). The van der Waals surface area contributed by atoms with E-state index in [0.29, 0.717) is 29.4 Å². The van der Waals surface area contributed by atoms with Gasteiger partial charge >= 0.3 is 33.6 Å². The molecule has 13 nitrogen and oxygen atoms in total. The minimum atomic E-state index is -5.84. The second kappa shape index (κ2) is 15.9. The first-order valence-corrected chi connectivity index (χ1v) is 13.0. The van der Waals surface area contributed by atoms with E-state index < -0.39 is 15.6 Å². The largest absolute Gasteiger partial charge is 0.522 e. The number of carbonyl (C=O) groups is 1. The summed E-state index contributed by atoms with van der Waals surface area (Å²) in [5, 5.41) is 11.8. The van der Waals surface area contributed by atoms with Crippen molar-refractivity contribution in [2.24, 2.45) is 0 Å². The maximum absolute atomic E-state index is 12.3. The predicted octanol–water partition coefficient (Wildman–Crippen LogP) is 2.81. The first-order chi connectivity index (χ1) is 17.8. The van der Waals surface area contributed by atoms with Crippen molar-refractivity contribution in [2.45, 2.75) is 70.7 Å². The number of hydrogen-bond donors (Lipinski definition) is 1. The normalized spacial score (nSPS) is 11.4. The van der Waals surface area contributed by atoms with Crippen molar-refractivity contribution < 1.29 is 45.1 Å². The number of rotatable bonds is 13. The fourth-order valence-corrected chi connectivity index (χ4v) is 2.90. The third kappa shape index (κ3) is 11.9. The summed E-state index contributed by atoms with van der Waals surface area (Å²) in [6.07, 6.45) is 7.11. The maximum atomic E-state index is 12.3. The Hall–Kier alpha value is -3.21. The molecule has 1 N–H and O–H groups in total. The molecule has 0 radical (unpaired) electrons. The Labute approximate surface area is 218 Å². The highest BCUT2D eigenvalue weighted by atomic mass is 32.2. The molecular formula is C21H31F3N6O7S. The molecule has 17 heteroatoms. The van der Waals surface area contributed by atoms with Crippen LogP contribution in [0.3, 0.4) is 0 Å². The van der Waals surface area contributed by atoms with Gasteiger partial charge in [0.25, 0.3) is 0 Å². The van der Waals surface area contributed by atoms with Crippen LogP contribution >= 0.6 is 0 Å². The molecule has 0 saturated heterocycles. The lowest BCUT2D eigenvalue weighted by atomic mass is 10.1. The number of carbonyl (C=O) groups excluding carboxylic acids is 1. The van der Waals surface area contributed by atoms with Gasteiger partial charge in [0.05, 0.1) is 45.1 Å². The van der Waals surface area contributed by atoms with Crippen LogP contribution in [0.2, 0.25) is 0 Å². The Balaban J connectivity index is 0.000000781. The van der Waals surface area contributed by atoms with E-state index >= 15 is 0 Å². The molecule has 2 heterocycles. The molecule has 214 valence electrons. The van der Waals surface area contributed by atoms with Crippen molar-refractivity contribution in [2.75, 3.05) is 20.8 Å². The first-order valence-electron chi connectivity index (χ1n) is 11.5. The third-order valence-electron chi connectivity index (χ3n) is 4.85. The number of halogens is 3. The summed E-state index contributed by atoms with van der Waals surface area (Å²) in [6, 6.07) is 0.269. The molecule has 0 fully saturated rings. The molecule has 0 amide bonds. The fraction of sp³-hybridized carbons (Fsp3) is 0.667. The van der Waals surface area contributed by atoms with Crippen molar-refractivity contribution in [1.29, 1.82) is 0 Å². The Morgan fingerprint density at radius 2 is 1.50 bits per heavy atom. The average Bonchev–Trinajstić information content (AvgIpc) is 2.84. The van der Waals surface area contributed by atoms with Crippen molar-refractivity contribution in [1.82, 2.24) is 30.4 Å². The van der Waals surface area contributed by atoms with Gasteiger partial charge in [-0.3, -0.25) is 9.35 Å². The summed E-state index contributed by atoms with van der Waals surface area (Å²) < 4.78 is 73.1. The number of methoxy groups -OCH3 is 2. The summed E-state index contributed by atoms with van der Waals surface area (Å²) in [7, 11) is -2.92. The van der Waals surface area contributed by atoms with Gasteiger partial charge in [0.15, 0.2) is 0 Å². The summed E-state index contributed by atoms with van der Waals surface area (Å²) in [4.78, 5) is 24.7. The van der Waals surface area contributed by atoms with Crippen LogP contribution in [-0.4, -0.2) is 75.6 Å². The molecule has 0 atom stereocenters. The number of aryl methyl sites for hydroxylation is 1. The van der Waals surface area contributed by atoms with Gasteiger partial charge in [-0.05, 0) is 18.6 Å². The van der Waals surface area contributed by atoms with Gasteiger partial charge in [0, 0.05) is 5.56 Å². The van der Waals surface area contributed by atoms with E-state index in [1.165, 1.54) is 39.9 Å². The molecule has 0 bridgehead atoms. The highest BCUT2D eigenvalue weighted by Gasteiger charge is 2.44. The van der Waals surface area contributed by atoms with Gasteiger partial charge in [-0.2, -0.15) is 31.6 Å². The third-order valence-corrected chi connectivity index (χ3v) is 5.44. The molecule has 0 saturated carbocycles. The molecule has 0 aliphatic carbocycles. The minimum Gasteiger partial charge on any atom is -0.467 e. The summed E-state index contributed by atoms with van der Waals surface area (Å²) in [6.45, 7) is 4.39. The minimum absolute atomic E-state index is 0.0683. The molecule has 0 spiro atoms. The quantitative estimate of drug-likeness (QED) is 0.162. The zero-order valence-electron chi connectivity index (χ0n) is 21.5. The maximum Gasteiger partial charge on any atom is 0.522 e. The lowest BCUT2D eigenvalue weighted by molar-refractivity contribution is -0.143. The zero-order valence-corrected chi connectivity index (χ0v) is 22.3.